The molecule has 7 heteroatoms. The summed E-state index contributed by atoms with van der Waals surface area (Å²) in [6, 6.07) is 0. The standard InChI is InChI=1S/2C4H9O2P.Zn/c2*1-3-4(2)7(5)6;/h2*4H,3H2,1-2H3;/q;;+2. The largest absolute Gasteiger partial charge is 2.00 e. The molecule has 4 atom stereocenters. The van der Waals surface area contributed by atoms with E-state index in [2.05, 4.69) is 0 Å². The first-order valence-electron chi connectivity index (χ1n) is 4.63. The maximum absolute atomic E-state index is 9.97. The van der Waals surface area contributed by atoms with Crippen molar-refractivity contribution in [2.75, 3.05) is 0 Å². The van der Waals surface area contributed by atoms with Crippen LogP contribution in [0.4, 0.5) is 0 Å². The zero-order chi connectivity index (χ0) is 11.7. The fourth-order valence-corrected chi connectivity index (χ4v) is 0.894. The van der Waals surface area contributed by atoms with Crippen LogP contribution in [0.2, 0.25) is 0 Å². The minimum absolute atomic E-state index is 0. The van der Waals surface area contributed by atoms with Gasteiger partial charge in [0.15, 0.2) is 0 Å². The van der Waals surface area contributed by atoms with Crippen molar-refractivity contribution in [3.8, 4) is 0 Å². The molecule has 4 nitrogen and oxygen atoms in total. The maximum Gasteiger partial charge on any atom is 2.00 e. The van der Waals surface area contributed by atoms with Crippen LogP contribution in [-0.4, -0.2) is 11.3 Å². The van der Waals surface area contributed by atoms with E-state index in [4.69, 9.17) is 0 Å². The Kier molecular flexibility index (Phi) is 18.0. The summed E-state index contributed by atoms with van der Waals surface area (Å²) in [6.07, 6.45) is 1.44. The zero-order valence-electron chi connectivity index (χ0n) is 9.80. The molecule has 0 aromatic carbocycles. The summed E-state index contributed by atoms with van der Waals surface area (Å²) in [4.78, 5) is 19.9. The molecule has 0 aromatic heterocycles. The molecule has 0 spiro atoms. The van der Waals surface area contributed by atoms with Gasteiger partial charge in [0.25, 0.3) is 0 Å². The van der Waals surface area contributed by atoms with Gasteiger partial charge in [0.05, 0.1) is 0 Å². The predicted octanol–water partition coefficient (Wildman–Crippen LogP) is 1.77. The SMILES string of the molecule is CCC(C)[P+](=O)[O-].CCC(C)[P+](=O)[O-].[Zn+2]. The fraction of sp³-hybridized carbons (Fsp3) is 1.00. The first kappa shape index (κ1) is 21.1. The van der Waals surface area contributed by atoms with Crippen molar-refractivity contribution in [3.63, 3.8) is 0 Å². The Morgan fingerprint density at radius 1 is 0.933 bits per heavy atom. The Morgan fingerprint density at radius 3 is 1.13 bits per heavy atom. The van der Waals surface area contributed by atoms with Gasteiger partial charge in [-0.05, 0) is 26.7 Å². The van der Waals surface area contributed by atoms with Crippen LogP contribution in [0.15, 0.2) is 0 Å². The molecule has 0 amide bonds. The molecule has 0 N–H and O–H groups in total. The van der Waals surface area contributed by atoms with E-state index in [1.165, 1.54) is 0 Å². The molecule has 0 radical (unpaired) electrons. The summed E-state index contributed by atoms with van der Waals surface area (Å²) >= 11 is 0. The average Bonchev–Trinajstić information content (AvgIpc) is 2.15. The van der Waals surface area contributed by atoms with Crippen molar-refractivity contribution in [2.45, 2.75) is 51.9 Å². The van der Waals surface area contributed by atoms with Gasteiger partial charge >= 0.3 is 35.5 Å². The molecule has 0 aliphatic carbocycles. The molecule has 0 aliphatic heterocycles. The molecular formula is C8H18O4P2Zn+2. The Labute approximate surface area is 106 Å². The molecule has 15 heavy (non-hydrogen) atoms. The van der Waals surface area contributed by atoms with E-state index in [9.17, 15) is 18.9 Å². The molecule has 0 saturated heterocycles. The summed E-state index contributed by atoms with van der Waals surface area (Å²) < 4.78 is 19.9. The summed E-state index contributed by atoms with van der Waals surface area (Å²) in [7, 11) is -4.32. The Bertz CT molecular complexity index is 169. The molecule has 0 bridgehead atoms. The summed E-state index contributed by atoms with van der Waals surface area (Å²) in [5.74, 6) is 0. The minimum atomic E-state index is -2.16. The van der Waals surface area contributed by atoms with Crippen molar-refractivity contribution in [3.05, 3.63) is 0 Å². The average molecular weight is 306 g/mol. The van der Waals surface area contributed by atoms with Gasteiger partial charge in [-0.25, -0.2) is 0 Å². The molecule has 0 saturated carbocycles. The first-order valence-corrected chi connectivity index (χ1v) is 7.13. The summed E-state index contributed by atoms with van der Waals surface area (Å²) in [5, 5.41) is 0. The molecule has 0 fully saturated rings. The number of hydrogen-bond acceptors (Lipinski definition) is 4. The first-order chi connectivity index (χ1) is 6.36. The topological polar surface area (TPSA) is 80.3 Å². The van der Waals surface area contributed by atoms with Gasteiger partial charge < -0.3 is 9.79 Å². The van der Waals surface area contributed by atoms with Crippen LogP contribution in [0, 0.1) is 0 Å². The molecule has 0 aliphatic rings. The quantitative estimate of drug-likeness (QED) is 0.585. The molecule has 4 unspecified atom stereocenters. The Morgan fingerprint density at radius 2 is 1.13 bits per heavy atom. The van der Waals surface area contributed by atoms with Crippen LogP contribution in [0.5, 0.6) is 0 Å². The smallest absolute Gasteiger partial charge is 0.595 e. The van der Waals surface area contributed by atoms with Gasteiger partial charge in [-0.1, -0.05) is 23.0 Å². The van der Waals surface area contributed by atoms with Crippen molar-refractivity contribution >= 4 is 16.1 Å². The number of hydrogen-bond donors (Lipinski definition) is 0. The van der Waals surface area contributed by atoms with Gasteiger partial charge in [0.2, 0.25) is 0 Å². The van der Waals surface area contributed by atoms with Gasteiger partial charge in [-0.3, -0.25) is 0 Å². The van der Waals surface area contributed by atoms with Gasteiger partial charge in [0.1, 0.15) is 11.3 Å². The zero-order valence-corrected chi connectivity index (χ0v) is 14.6. The molecule has 0 aromatic rings. The second-order valence-corrected chi connectivity index (χ2v) is 5.99. The van der Waals surface area contributed by atoms with E-state index in [1.54, 1.807) is 13.8 Å². The normalized spacial score (nSPS) is 15.1. The Hall–Kier alpha value is 0.743. The number of rotatable bonds is 4. The van der Waals surface area contributed by atoms with Crippen molar-refractivity contribution in [1.82, 2.24) is 0 Å². The Balaban J connectivity index is -0.000000180. The van der Waals surface area contributed by atoms with Crippen LogP contribution < -0.4 is 9.79 Å². The molecular weight excluding hydrogens is 287 g/mol. The van der Waals surface area contributed by atoms with Gasteiger partial charge in [0, 0.05) is 0 Å². The van der Waals surface area contributed by atoms with E-state index in [1.807, 2.05) is 13.8 Å². The van der Waals surface area contributed by atoms with E-state index >= 15 is 0 Å². The summed E-state index contributed by atoms with van der Waals surface area (Å²) in [6.45, 7) is 7.11. The fourth-order valence-electron chi connectivity index (χ4n) is 0.298. The third-order valence-electron chi connectivity index (χ3n) is 1.90. The van der Waals surface area contributed by atoms with Crippen LogP contribution in [0.25, 0.3) is 0 Å². The maximum atomic E-state index is 9.97. The van der Waals surface area contributed by atoms with E-state index in [0.29, 0.717) is 0 Å². The van der Waals surface area contributed by atoms with Crippen LogP contribution >= 0.6 is 16.1 Å². The van der Waals surface area contributed by atoms with Crippen LogP contribution in [0.3, 0.4) is 0 Å². The molecule has 0 rings (SSSR count). The third kappa shape index (κ3) is 14.7. The van der Waals surface area contributed by atoms with E-state index in [0.717, 1.165) is 12.8 Å². The second kappa shape index (κ2) is 12.8. The van der Waals surface area contributed by atoms with Gasteiger partial charge in [-0.2, -0.15) is 0 Å². The monoisotopic (exact) mass is 304 g/mol. The summed E-state index contributed by atoms with van der Waals surface area (Å²) in [5.41, 5.74) is -0.287. The molecule has 84 valence electrons. The van der Waals surface area contributed by atoms with Crippen LogP contribution in [0.1, 0.15) is 40.5 Å². The third-order valence-corrected chi connectivity index (χ3v) is 4.07. The second-order valence-electron chi connectivity index (χ2n) is 3.09. The van der Waals surface area contributed by atoms with Gasteiger partial charge in [-0.15, -0.1) is 0 Å². The molecule has 0 heterocycles. The van der Waals surface area contributed by atoms with E-state index < -0.39 is 16.1 Å². The predicted molar refractivity (Wildman–Crippen MR) is 54.7 cm³/mol. The minimum Gasteiger partial charge on any atom is -0.595 e. The van der Waals surface area contributed by atoms with Crippen LogP contribution in [-0.2, 0) is 28.6 Å². The van der Waals surface area contributed by atoms with Crippen molar-refractivity contribution in [2.24, 2.45) is 0 Å². The van der Waals surface area contributed by atoms with Crippen molar-refractivity contribution < 1.29 is 38.4 Å². The van der Waals surface area contributed by atoms with E-state index in [-0.39, 0.29) is 30.8 Å². The van der Waals surface area contributed by atoms with Crippen molar-refractivity contribution in [1.29, 1.82) is 0 Å².